The van der Waals surface area contributed by atoms with Crippen molar-refractivity contribution in [3.63, 3.8) is 0 Å². The van der Waals surface area contributed by atoms with Crippen LogP contribution in [0.25, 0.3) is 0 Å². The highest BCUT2D eigenvalue weighted by atomic mass is 16.6. The summed E-state index contributed by atoms with van der Waals surface area (Å²) in [5.41, 5.74) is 0. The van der Waals surface area contributed by atoms with E-state index in [-0.39, 0.29) is 37.5 Å². The second kappa shape index (κ2) is 61.1. The Labute approximate surface area is 452 Å². The summed E-state index contributed by atoms with van der Waals surface area (Å²) in [5, 5.41) is 0. The molecule has 0 aromatic carbocycles. The summed E-state index contributed by atoms with van der Waals surface area (Å²) in [6, 6.07) is 0. The minimum atomic E-state index is -0.810. The largest absolute Gasteiger partial charge is 0.462 e. The zero-order chi connectivity index (χ0) is 52.9. The lowest BCUT2D eigenvalue weighted by Crippen LogP contribution is -2.30. The van der Waals surface area contributed by atoms with Crippen LogP contribution in [0.15, 0.2) is 85.1 Å². The Balaban J connectivity index is 4.31. The van der Waals surface area contributed by atoms with E-state index in [1.807, 2.05) is 6.08 Å². The molecule has 0 aliphatic carbocycles. The standard InChI is InChI=1S/C67H116O6/c1-4-7-10-13-16-19-22-25-27-29-30-31-32-33-34-35-36-38-39-42-45-48-51-54-57-60-66(69)72-63-64(62-71-65(68)59-56-53-50-47-44-41-24-21-18-15-12-9-6-3)73-67(70)61-58-55-52-49-46-43-40-37-28-26-23-20-17-14-11-8-5-2/h8-9,11-12,17-18,20-21,26,28,41,44,50,53,64H,4-7,10,13-16,19,22-25,27,29-40,42-43,45-49,51-52,54-63H2,1-3H3/b11-8-,12-9-,20-17-,21-18-,28-26-,44-41-,53-50-. The van der Waals surface area contributed by atoms with Crippen molar-refractivity contribution in [3.05, 3.63) is 85.1 Å². The van der Waals surface area contributed by atoms with E-state index >= 15 is 0 Å². The maximum atomic E-state index is 12.9. The zero-order valence-corrected chi connectivity index (χ0v) is 48.1. The first-order valence-electron chi connectivity index (χ1n) is 31.1. The maximum Gasteiger partial charge on any atom is 0.306 e. The number of unbranched alkanes of at least 4 members (excludes halogenated alkanes) is 31. The van der Waals surface area contributed by atoms with Gasteiger partial charge in [0.15, 0.2) is 6.10 Å². The van der Waals surface area contributed by atoms with Gasteiger partial charge >= 0.3 is 17.9 Å². The molecule has 0 N–H and O–H groups in total. The van der Waals surface area contributed by atoms with Crippen molar-refractivity contribution < 1.29 is 28.6 Å². The van der Waals surface area contributed by atoms with Crippen molar-refractivity contribution in [2.75, 3.05) is 13.2 Å². The Morgan fingerprint density at radius 3 is 0.918 bits per heavy atom. The Bertz CT molecular complexity index is 1400. The molecule has 0 heterocycles. The van der Waals surface area contributed by atoms with Crippen molar-refractivity contribution in [3.8, 4) is 0 Å². The highest BCUT2D eigenvalue weighted by Crippen LogP contribution is 2.17. The van der Waals surface area contributed by atoms with Crippen LogP contribution in [-0.4, -0.2) is 37.2 Å². The van der Waals surface area contributed by atoms with Crippen LogP contribution < -0.4 is 0 Å². The van der Waals surface area contributed by atoms with Crippen molar-refractivity contribution in [1.82, 2.24) is 0 Å². The molecular weight excluding hydrogens is 901 g/mol. The van der Waals surface area contributed by atoms with Crippen LogP contribution in [0, 0.1) is 0 Å². The Morgan fingerprint density at radius 1 is 0.288 bits per heavy atom. The number of ether oxygens (including phenoxy) is 3. The molecule has 0 aromatic rings. The Kier molecular flexibility index (Phi) is 58.3. The topological polar surface area (TPSA) is 78.9 Å². The lowest BCUT2D eigenvalue weighted by Gasteiger charge is -2.18. The van der Waals surface area contributed by atoms with Gasteiger partial charge in [-0.25, -0.2) is 0 Å². The van der Waals surface area contributed by atoms with E-state index in [0.29, 0.717) is 19.3 Å². The number of allylic oxidation sites excluding steroid dienone is 14. The molecule has 420 valence electrons. The lowest BCUT2D eigenvalue weighted by atomic mass is 10.0. The summed E-state index contributed by atoms with van der Waals surface area (Å²) in [7, 11) is 0. The molecule has 6 heteroatoms. The minimum Gasteiger partial charge on any atom is -0.462 e. The van der Waals surface area contributed by atoms with Crippen LogP contribution in [0.2, 0.25) is 0 Å². The van der Waals surface area contributed by atoms with E-state index in [1.165, 1.54) is 167 Å². The first-order chi connectivity index (χ1) is 36.0. The monoisotopic (exact) mass is 1020 g/mol. The summed E-state index contributed by atoms with van der Waals surface area (Å²) >= 11 is 0. The van der Waals surface area contributed by atoms with Crippen LogP contribution in [0.4, 0.5) is 0 Å². The second-order valence-corrected chi connectivity index (χ2v) is 20.6. The predicted molar refractivity (Wildman–Crippen MR) is 316 cm³/mol. The molecule has 0 radical (unpaired) electrons. The van der Waals surface area contributed by atoms with Crippen molar-refractivity contribution in [2.45, 2.75) is 309 Å². The summed E-state index contributed by atoms with van der Waals surface area (Å²) in [5.74, 6) is -0.986. The quantitative estimate of drug-likeness (QED) is 0.0261. The van der Waals surface area contributed by atoms with Crippen molar-refractivity contribution in [2.24, 2.45) is 0 Å². The first-order valence-corrected chi connectivity index (χ1v) is 31.1. The average molecular weight is 1020 g/mol. The number of carbonyl (C=O) groups excluding carboxylic acids is 3. The number of hydrogen-bond acceptors (Lipinski definition) is 6. The second-order valence-electron chi connectivity index (χ2n) is 20.6. The number of carbonyl (C=O) groups is 3. The fourth-order valence-corrected chi connectivity index (χ4v) is 8.83. The van der Waals surface area contributed by atoms with Gasteiger partial charge in [-0.3, -0.25) is 14.4 Å². The van der Waals surface area contributed by atoms with Crippen LogP contribution in [-0.2, 0) is 28.6 Å². The molecule has 0 rings (SSSR count). The molecule has 0 spiro atoms. The van der Waals surface area contributed by atoms with Gasteiger partial charge in [0.05, 0.1) is 0 Å². The molecule has 1 unspecified atom stereocenters. The van der Waals surface area contributed by atoms with Crippen LogP contribution in [0.1, 0.15) is 303 Å². The van der Waals surface area contributed by atoms with Crippen LogP contribution in [0.3, 0.4) is 0 Å². The molecule has 0 amide bonds. The van der Waals surface area contributed by atoms with E-state index in [9.17, 15) is 14.4 Å². The fourth-order valence-electron chi connectivity index (χ4n) is 8.83. The molecule has 0 bridgehead atoms. The Hall–Kier alpha value is -3.41. The maximum absolute atomic E-state index is 12.9. The zero-order valence-electron chi connectivity index (χ0n) is 48.1. The van der Waals surface area contributed by atoms with Crippen LogP contribution in [0.5, 0.6) is 0 Å². The van der Waals surface area contributed by atoms with Gasteiger partial charge in [0.25, 0.3) is 0 Å². The molecule has 0 saturated carbocycles. The van der Waals surface area contributed by atoms with Crippen molar-refractivity contribution >= 4 is 17.9 Å². The number of esters is 3. The van der Waals surface area contributed by atoms with Crippen molar-refractivity contribution in [1.29, 1.82) is 0 Å². The molecule has 73 heavy (non-hydrogen) atoms. The lowest BCUT2D eigenvalue weighted by molar-refractivity contribution is -0.166. The van der Waals surface area contributed by atoms with Gasteiger partial charge in [0.1, 0.15) is 13.2 Å². The smallest absolute Gasteiger partial charge is 0.306 e. The van der Waals surface area contributed by atoms with E-state index < -0.39 is 6.10 Å². The minimum absolute atomic E-state index is 0.101. The molecule has 0 aromatic heterocycles. The molecular formula is C67H116O6. The van der Waals surface area contributed by atoms with Gasteiger partial charge in [-0.1, -0.05) is 292 Å². The van der Waals surface area contributed by atoms with E-state index in [2.05, 4.69) is 99.8 Å². The summed E-state index contributed by atoms with van der Waals surface area (Å²) in [4.78, 5) is 38.2. The van der Waals surface area contributed by atoms with Gasteiger partial charge in [-0.2, -0.15) is 0 Å². The Morgan fingerprint density at radius 2 is 0.562 bits per heavy atom. The van der Waals surface area contributed by atoms with E-state index in [4.69, 9.17) is 14.2 Å². The van der Waals surface area contributed by atoms with Crippen LogP contribution >= 0.6 is 0 Å². The normalized spacial score (nSPS) is 12.6. The first kappa shape index (κ1) is 69.6. The third kappa shape index (κ3) is 59.3. The SMILES string of the molecule is CC/C=C\C/C=C\C/C=C\C/C=C\CCC(=O)OCC(COC(=O)CCCCCCCCCCCCCCCCCCCCCCCCCCC)OC(=O)CCCCCCCCC/C=C\C/C=C\C/C=C\CC. The third-order valence-corrected chi connectivity index (χ3v) is 13.4. The van der Waals surface area contributed by atoms with Gasteiger partial charge in [0, 0.05) is 19.3 Å². The van der Waals surface area contributed by atoms with E-state index in [1.54, 1.807) is 0 Å². The highest BCUT2D eigenvalue weighted by molar-refractivity contribution is 5.71. The van der Waals surface area contributed by atoms with E-state index in [0.717, 1.165) is 89.9 Å². The molecule has 1 atom stereocenters. The van der Waals surface area contributed by atoms with Gasteiger partial charge in [-0.05, 0) is 77.0 Å². The third-order valence-electron chi connectivity index (χ3n) is 13.4. The molecule has 6 nitrogen and oxygen atoms in total. The van der Waals surface area contributed by atoms with Gasteiger partial charge in [0.2, 0.25) is 0 Å². The predicted octanol–water partition coefficient (Wildman–Crippen LogP) is 21.1. The molecule has 0 saturated heterocycles. The summed E-state index contributed by atoms with van der Waals surface area (Å²) < 4.78 is 16.8. The highest BCUT2D eigenvalue weighted by Gasteiger charge is 2.19. The number of hydrogen-bond donors (Lipinski definition) is 0. The van der Waals surface area contributed by atoms with Gasteiger partial charge < -0.3 is 14.2 Å². The molecule has 0 aliphatic rings. The number of rotatable bonds is 56. The molecule has 0 fully saturated rings. The molecule has 0 aliphatic heterocycles. The summed E-state index contributed by atoms with van der Waals surface area (Å²) in [6.45, 7) is 6.37. The fraction of sp³-hybridized carbons (Fsp3) is 0.746. The average Bonchev–Trinajstić information content (AvgIpc) is 3.39. The summed E-state index contributed by atoms with van der Waals surface area (Å²) in [6.07, 6.45) is 80.4. The van der Waals surface area contributed by atoms with Gasteiger partial charge in [-0.15, -0.1) is 0 Å².